The number of hydrogen-bond acceptors (Lipinski definition) is 5. The average Bonchev–Trinajstić information content (AvgIpc) is 2.78. The van der Waals surface area contributed by atoms with Crippen molar-refractivity contribution in [3.05, 3.63) is 46.8 Å². The molecule has 0 unspecified atom stereocenters. The molecule has 0 saturated heterocycles. The second-order valence-electron chi connectivity index (χ2n) is 5.57. The van der Waals surface area contributed by atoms with Crippen molar-refractivity contribution in [2.45, 2.75) is 38.8 Å². The van der Waals surface area contributed by atoms with Gasteiger partial charge in [-0.05, 0) is 18.9 Å². The fourth-order valence-electron chi connectivity index (χ4n) is 2.94. The van der Waals surface area contributed by atoms with Crippen LogP contribution in [0.1, 0.15) is 30.9 Å². The maximum atomic E-state index is 12.5. The molecule has 0 amide bonds. The van der Waals surface area contributed by atoms with Gasteiger partial charge in [0.25, 0.3) is 5.56 Å². The summed E-state index contributed by atoms with van der Waals surface area (Å²) in [4.78, 5) is 20.8. The third kappa shape index (κ3) is 2.18. The van der Waals surface area contributed by atoms with Gasteiger partial charge in [0.2, 0.25) is 0 Å². The van der Waals surface area contributed by atoms with Crippen LogP contribution in [0.4, 0.5) is 0 Å². The van der Waals surface area contributed by atoms with Gasteiger partial charge < -0.3 is 4.57 Å². The summed E-state index contributed by atoms with van der Waals surface area (Å²) < 4.78 is 3.74. The van der Waals surface area contributed by atoms with Crippen molar-refractivity contribution in [3.63, 3.8) is 0 Å². The molecule has 0 bridgehead atoms. The minimum Gasteiger partial charge on any atom is -0.313 e. The molecule has 3 aromatic rings. The van der Waals surface area contributed by atoms with Crippen LogP contribution in [0, 0.1) is 0 Å². The van der Waals surface area contributed by atoms with E-state index in [1.807, 2.05) is 0 Å². The van der Waals surface area contributed by atoms with Gasteiger partial charge in [0, 0.05) is 19.2 Å². The van der Waals surface area contributed by atoms with Crippen LogP contribution < -0.4 is 5.56 Å². The predicted molar refractivity (Wildman–Crippen MR) is 80.5 cm³/mol. The standard InChI is InChI=1S/C15H16N6O/c22-15-11-5-6-16-8-12(11)17-10-20(15)9-14-19-18-13-4-2-1-3-7-21(13)14/h5-6,8,10H,1-4,7,9H2. The fraction of sp³-hybridized carbons (Fsp3) is 0.400. The van der Waals surface area contributed by atoms with Gasteiger partial charge in [-0.1, -0.05) is 6.42 Å². The monoisotopic (exact) mass is 296 g/mol. The van der Waals surface area contributed by atoms with E-state index in [0.717, 1.165) is 37.5 Å². The van der Waals surface area contributed by atoms with Gasteiger partial charge >= 0.3 is 0 Å². The first-order valence-electron chi connectivity index (χ1n) is 7.53. The molecule has 0 atom stereocenters. The maximum absolute atomic E-state index is 12.5. The quantitative estimate of drug-likeness (QED) is 0.709. The summed E-state index contributed by atoms with van der Waals surface area (Å²) in [7, 11) is 0. The molecule has 4 rings (SSSR count). The Labute approximate surface area is 126 Å². The van der Waals surface area contributed by atoms with Gasteiger partial charge in [-0.3, -0.25) is 14.3 Å². The Morgan fingerprint density at radius 3 is 3.09 bits per heavy atom. The lowest BCUT2D eigenvalue weighted by Crippen LogP contribution is -2.23. The Bertz CT molecular complexity index is 881. The Morgan fingerprint density at radius 1 is 1.18 bits per heavy atom. The van der Waals surface area contributed by atoms with E-state index in [1.54, 1.807) is 29.4 Å². The van der Waals surface area contributed by atoms with Gasteiger partial charge in [0.05, 0.1) is 30.0 Å². The van der Waals surface area contributed by atoms with Crippen LogP contribution in [-0.2, 0) is 19.5 Å². The molecule has 7 heteroatoms. The molecule has 0 spiro atoms. The van der Waals surface area contributed by atoms with Crippen LogP contribution in [0.15, 0.2) is 29.6 Å². The number of aromatic nitrogens is 6. The molecule has 112 valence electrons. The number of fused-ring (bicyclic) bond motifs is 2. The van der Waals surface area contributed by atoms with Crippen molar-refractivity contribution in [2.75, 3.05) is 0 Å². The lowest BCUT2D eigenvalue weighted by Gasteiger charge is -2.09. The number of nitrogens with zero attached hydrogens (tertiary/aromatic N) is 6. The summed E-state index contributed by atoms with van der Waals surface area (Å²) >= 11 is 0. The molecule has 4 heterocycles. The second kappa shape index (κ2) is 5.32. The minimum atomic E-state index is -0.0710. The Morgan fingerprint density at radius 2 is 2.14 bits per heavy atom. The fourth-order valence-corrected chi connectivity index (χ4v) is 2.94. The molecule has 0 N–H and O–H groups in total. The summed E-state index contributed by atoms with van der Waals surface area (Å²) in [6.45, 7) is 1.33. The Kier molecular flexibility index (Phi) is 3.17. The number of hydrogen-bond donors (Lipinski definition) is 0. The topological polar surface area (TPSA) is 78.5 Å². The molecule has 7 nitrogen and oxygen atoms in total. The normalized spacial score (nSPS) is 14.7. The van der Waals surface area contributed by atoms with Crippen molar-refractivity contribution in [1.29, 1.82) is 0 Å². The highest BCUT2D eigenvalue weighted by Gasteiger charge is 2.15. The lowest BCUT2D eigenvalue weighted by atomic mass is 10.2. The predicted octanol–water partition coefficient (Wildman–Crippen LogP) is 1.16. The van der Waals surface area contributed by atoms with E-state index >= 15 is 0 Å². The Balaban J connectivity index is 1.74. The molecule has 3 aromatic heterocycles. The van der Waals surface area contributed by atoms with Crippen LogP contribution in [0.3, 0.4) is 0 Å². The highest BCUT2D eigenvalue weighted by molar-refractivity contribution is 5.75. The number of aryl methyl sites for hydroxylation is 1. The largest absolute Gasteiger partial charge is 0.313 e. The first-order valence-corrected chi connectivity index (χ1v) is 7.53. The summed E-state index contributed by atoms with van der Waals surface area (Å²) in [6, 6.07) is 1.70. The molecule has 0 radical (unpaired) electrons. The second-order valence-corrected chi connectivity index (χ2v) is 5.57. The first kappa shape index (κ1) is 13.1. The molecular weight excluding hydrogens is 280 g/mol. The molecule has 22 heavy (non-hydrogen) atoms. The maximum Gasteiger partial charge on any atom is 0.261 e. The van der Waals surface area contributed by atoms with Crippen molar-refractivity contribution >= 4 is 10.9 Å². The van der Waals surface area contributed by atoms with Gasteiger partial charge in [0.1, 0.15) is 5.82 Å². The molecule has 1 aliphatic rings. The lowest BCUT2D eigenvalue weighted by molar-refractivity contribution is 0.582. The molecule has 0 aromatic carbocycles. The van der Waals surface area contributed by atoms with E-state index < -0.39 is 0 Å². The molecule has 0 aliphatic carbocycles. The number of pyridine rings is 1. The smallest absolute Gasteiger partial charge is 0.261 e. The van der Waals surface area contributed by atoms with Gasteiger partial charge in [-0.25, -0.2) is 4.98 Å². The van der Waals surface area contributed by atoms with E-state index in [0.29, 0.717) is 17.4 Å². The summed E-state index contributed by atoms with van der Waals surface area (Å²) in [6.07, 6.45) is 9.24. The van der Waals surface area contributed by atoms with Crippen LogP contribution in [-0.4, -0.2) is 29.3 Å². The zero-order chi connectivity index (χ0) is 14.9. The van der Waals surface area contributed by atoms with Crippen molar-refractivity contribution in [2.24, 2.45) is 0 Å². The van der Waals surface area contributed by atoms with Crippen LogP contribution in [0.25, 0.3) is 10.9 Å². The van der Waals surface area contributed by atoms with Crippen molar-refractivity contribution in [1.82, 2.24) is 29.3 Å². The third-order valence-corrected chi connectivity index (χ3v) is 4.13. The zero-order valence-electron chi connectivity index (χ0n) is 12.1. The van der Waals surface area contributed by atoms with E-state index in [4.69, 9.17) is 0 Å². The van der Waals surface area contributed by atoms with E-state index in [9.17, 15) is 4.79 Å². The number of rotatable bonds is 2. The summed E-state index contributed by atoms with van der Waals surface area (Å²) in [5.41, 5.74) is 0.544. The van der Waals surface area contributed by atoms with Crippen LogP contribution >= 0.6 is 0 Å². The molecular formula is C15H16N6O. The average molecular weight is 296 g/mol. The van der Waals surface area contributed by atoms with E-state index in [2.05, 4.69) is 24.7 Å². The van der Waals surface area contributed by atoms with E-state index in [1.165, 1.54) is 6.42 Å². The molecule has 1 aliphatic heterocycles. The van der Waals surface area contributed by atoms with Crippen molar-refractivity contribution in [3.8, 4) is 0 Å². The summed E-state index contributed by atoms with van der Waals surface area (Å²) in [5, 5.41) is 9.12. The molecule has 0 fully saturated rings. The molecule has 0 saturated carbocycles. The van der Waals surface area contributed by atoms with E-state index in [-0.39, 0.29) is 5.56 Å². The third-order valence-electron chi connectivity index (χ3n) is 4.13. The zero-order valence-corrected chi connectivity index (χ0v) is 12.1. The van der Waals surface area contributed by atoms with Gasteiger partial charge in [-0.2, -0.15) is 0 Å². The summed E-state index contributed by atoms with van der Waals surface area (Å²) in [5.74, 6) is 1.85. The highest BCUT2D eigenvalue weighted by atomic mass is 16.1. The minimum absolute atomic E-state index is 0.0710. The van der Waals surface area contributed by atoms with Gasteiger partial charge in [0.15, 0.2) is 5.82 Å². The van der Waals surface area contributed by atoms with Gasteiger partial charge in [-0.15, -0.1) is 10.2 Å². The first-order chi connectivity index (χ1) is 10.8. The SMILES string of the molecule is O=c1c2ccncc2ncn1Cc1nnc2n1CCCCC2. The van der Waals surface area contributed by atoms with Crippen LogP contribution in [0.2, 0.25) is 0 Å². The van der Waals surface area contributed by atoms with Crippen molar-refractivity contribution < 1.29 is 0 Å². The Hall–Kier alpha value is -2.57. The van der Waals surface area contributed by atoms with Crippen LogP contribution in [0.5, 0.6) is 0 Å². The highest BCUT2D eigenvalue weighted by Crippen LogP contribution is 2.15.